The topological polar surface area (TPSA) is 88.9 Å². The van der Waals surface area contributed by atoms with Crippen LogP contribution in [0, 0.1) is 22.0 Å². The number of nitrogens with zero attached hydrogens (tertiary/aromatic N) is 2. The number of carbonyl (C=O) groups excluding carboxylic acids is 1. The Labute approximate surface area is 119 Å². The Morgan fingerprint density at radius 3 is 3.05 bits per heavy atom. The summed E-state index contributed by atoms with van der Waals surface area (Å²) in [5.74, 6) is 6.39. The smallest absolute Gasteiger partial charge is 0.281 e. The van der Waals surface area contributed by atoms with E-state index in [9.17, 15) is 14.9 Å². The minimum atomic E-state index is -0.450. The molecule has 0 atom stereocenters. The third kappa shape index (κ3) is 3.36. The Balaban J connectivity index is 2.20. The van der Waals surface area contributed by atoms with Crippen molar-refractivity contribution in [1.82, 2.24) is 10.2 Å². The van der Waals surface area contributed by atoms with Gasteiger partial charge in [-0.05, 0) is 6.07 Å². The molecule has 6 nitrogen and oxygen atoms in total. The first-order chi connectivity index (χ1) is 9.58. The third-order valence-corrected chi connectivity index (χ3v) is 3.31. The summed E-state index contributed by atoms with van der Waals surface area (Å²) in [6.07, 6.45) is 1.98. The van der Waals surface area contributed by atoms with Crippen LogP contribution in [-0.4, -0.2) is 26.0 Å². The van der Waals surface area contributed by atoms with Gasteiger partial charge in [-0.3, -0.25) is 20.0 Å². The van der Waals surface area contributed by atoms with Gasteiger partial charge in [0.1, 0.15) is 0 Å². The normalized spacial score (nSPS) is 10.1. The fourth-order valence-corrected chi connectivity index (χ4v) is 2.16. The molecule has 0 bridgehead atoms. The molecule has 0 aliphatic carbocycles. The zero-order chi connectivity index (χ0) is 14.5. The zero-order valence-corrected chi connectivity index (χ0v) is 11.5. The second kappa shape index (κ2) is 6.21. The van der Waals surface area contributed by atoms with Gasteiger partial charge in [0.25, 0.3) is 5.69 Å². The van der Waals surface area contributed by atoms with E-state index in [0.717, 1.165) is 0 Å². The lowest BCUT2D eigenvalue weighted by Gasteiger charge is -1.95. The molecule has 2 aromatic rings. The first kappa shape index (κ1) is 14.1. The quantitative estimate of drug-likeness (QED) is 0.406. The summed E-state index contributed by atoms with van der Waals surface area (Å²) in [5, 5.41) is 18.0. The number of fused-ring (bicyclic) bond motifs is 1. The highest BCUT2D eigenvalue weighted by atomic mass is 32.2. The number of non-ortho nitro benzene ring substituents is 1. The van der Waals surface area contributed by atoms with Gasteiger partial charge >= 0.3 is 0 Å². The van der Waals surface area contributed by atoms with Crippen LogP contribution in [0.1, 0.15) is 18.9 Å². The summed E-state index contributed by atoms with van der Waals surface area (Å²) in [7, 11) is 0. The molecule has 0 saturated heterocycles. The average Bonchev–Trinajstić information content (AvgIpc) is 2.84. The molecule has 7 heteroatoms. The van der Waals surface area contributed by atoms with Gasteiger partial charge in [-0.2, -0.15) is 5.10 Å². The molecule has 0 aliphatic heterocycles. The zero-order valence-electron chi connectivity index (χ0n) is 10.7. The van der Waals surface area contributed by atoms with Gasteiger partial charge in [0.15, 0.2) is 5.12 Å². The number of nitrogens with one attached hydrogen (secondary N) is 1. The summed E-state index contributed by atoms with van der Waals surface area (Å²) in [5.41, 5.74) is 1.13. The van der Waals surface area contributed by atoms with E-state index < -0.39 is 4.92 Å². The van der Waals surface area contributed by atoms with E-state index >= 15 is 0 Å². The molecule has 0 spiro atoms. The lowest BCUT2D eigenvalue weighted by atomic mass is 10.1. The van der Waals surface area contributed by atoms with E-state index in [-0.39, 0.29) is 10.8 Å². The van der Waals surface area contributed by atoms with Gasteiger partial charge in [0.2, 0.25) is 0 Å². The van der Waals surface area contributed by atoms with E-state index in [1.54, 1.807) is 6.07 Å². The van der Waals surface area contributed by atoms with Crippen LogP contribution in [0.3, 0.4) is 0 Å². The van der Waals surface area contributed by atoms with Crippen molar-refractivity contribution in [2.75, 3.05) is 5.75 Å². The SMILES string of the molecule is CC(=O)SCCC#Cc1cc([N+](=O)[O-])c2cn[nH]c2c1. The van der Waals surface area contributed by atoms with Crippen LogP contribution in [-0.2, 0) is 4.79 Å². The van der Waals surface area contributed by atoms with Gasteiger partial charge in [0.05, 0.1) is 22.0 Å². The summed E-state index contributed by atoms with van der Waals surface area (Å²) in [6, 6.07) is 3.16. The number of aromatic amines is 1. The van der Waals surface area contributed by atoms with Gasteiger partial charge < -0.3 is 0 Å². The van der Waals surface area contributed by atoms with Crippen LogP contribution in [0.4, 0.5) is 5.69 Å². The second-order valence-electron chi connectivity index (χ2n) is 3.98. The monoisotopic (exact) mass is 289 g/mol. The van der Waals surface area contributed by atoms with Crippen LogP contribution >= 0.6 is 11.8 Å². The molecular formula is C13H11N3O3S. The molecule has 1 aromatic carbocycles. The molecule has 2 rings (SSSR count). The van der Waals surface area contributed by atoms with Crippen LogP contribution in [0.2, 0.25) is 0 Å². The lowest BCUT2D eigenvalue weighted by Crippen LogP contribution is -1.90. The van der Waals surface area contributed by atoms with Crippen LogP contribution < -0.4 is 0 Å². The largest absolute Gasteiger partial charge is 0.288 e. The average molecular weight is 289 g/mol. The van der Waals surface area contributed by atoms with Crippen molar-refractivity contribution in [1.29, 1.82) is 0 Å². The van der Waals surface area contributed by atoms with E-state index in [4.69, 9.17) is 0 Å². The van der Waals surface area contributed by atoms with Crippen molar-refractivity contribution in [2.24, 2.45) is 0 Å². The minimum absolute atomic E-state index is 0.0151. The molecule has 0 saturated carbocycles. The number of benzene rings is 1. The molecule has 0 unspecified atom stereocenters. The number of thioether (sulfide) groups is 1. The number of nitro groups is 1. The summed E-state index contributed by atoms with van der Waals surface area (Å²) >= 11 is 1.21. The van der Waals surface area contributed by atoms with Crippen LogP contribution in [0.5, 0.6) is 0 Å². The van der Waals surface area contributed by atoms with Crippen LogP contribution in [0.25, 0.3) is 10.9 Å². The maximum absolute atomic E-state index is 11.0. The van der Waals surface area contributed by atoms with E-state index in [0.29, 0.717) is 28.6 Å². The molecule has 1 heterocycles. The minimum Gasteiger partial charge on any atom is -0.288 e. The summed E-state index contributed by atoms with van der Waals surface area (Å²) < 4.78 is 0. The molecular weight excluding hydrogens is 278 g/mol. The van der Waals surface area contributed by atoms with Gasteiger partial charge in [-0.25, -0.2) is 0 Å². The van der Waals surface area contributed by atoms with E-state index in [1.165, 1.54) is 30.9 Å². The van der Waals surface area contributed by atoms with Crippen molar-refractivity contribution >= 4 is 33.5 Å². The molecule has 1 aromatic heterocycles. The number of carbonyl (C=O) groups is 1. The Morgan fingerprint density at radius 1 is 1.55 bits per heavy atom. The predicted molar refractivity (Wildman–Crippen MR) is 77.4 cm³/mol. The Kier molecular flexibility index (Phi) is 4.38. The Bertz CT molecular complexity index is 727. The van der Waals surface area contributed by atoms with E-state index in [1.807, 2.05) is 0 Å². The molecule has 0 fully saturated rings. The summed E-state index contributed by atoms with van der Waals surface area (Å²) in [4.78, 5) is 21.3. The fraction of sp³-hybridized carbons (Fsp3) is 0.231. The first-order valence-corrected chi connectivity index (χ1v) is 6.80. The standard InChI is InChI=1S/C13H11N3O3S/c1-9(17)20-5-3-2-4-10-6-12-11(8-14-15-12)13(7-10)16(18)19/h6-8H,3,5H2,1H3,(H,14,15). The number of hydrogen-bond acceptors (Lipinski definition) is 5. The fourth-order valence-electron chi connectivity index (χ4n) is 1.67. The van der Waals surface area contributed by atoms with Crippen molar-refractivity contribution in [3.05, 3.63) is 34.0 Å². The first-order valence-electron chi connectivity index (χ1n) is 5.81. The third-order valence-electron chi connectivity index (χ3n) is 2.50. The van der Waals surface area contributed by atoms with E-state index in [2.05, 4.69) is 22.0 Å². The highest BCUT2D eigenvalue weighted by Crippen LogP contribution is 2.25. The Hall–Kier alpha value is -2.33. The number of hydrogen-bond donors (Lipinski definition) is 1. The van der Waals surface area contributed by atoms with Crippen molar-refractivity contribution in [2.45, 2.75) is 13.3 Å². The van der Waals surface area contributed by atoms with Crippen molar-refractivity contribution in [3.63, 3.8) is 0 Å². The highest BCUT2D eigenvalue weighted by Gasteiger charge is 2.14. The predicted octanol–water partition coefficient (Wildman–Crippen LogP) is 2.49. The van der Waals surface area contributed by atoms with Gasteiger partial charge in [-0.15, -0.1) is 0 Å². The lowest BCUT2D eigenvalue weighted by molar-refractivity contribution is -0.383. The van der Waals surface area contributed by atoms with Gasteiger partial charge in [0, 0.05) is 30.7 Å². The van der Waals surface area contributed by atoms with Crippen molar-refractivity contribution in [3.8, 4) is 11.8 Å². The summed E-state index contributed by atoms with van der Waals surface area (Å²) in [6.45, 7) is 1.51. The number of aromatic nitrogens is 2. The number of H-pyrrole nitrogens is 1. The number of nitro benzene ring substituents is 1. The second-order valence-corrected chi connectivity index (χ2v) is 5.25. The molecule has 0 aliphatic rings. The van der Waals surface area contributed by atoms with Crippen molar-refractivity contribution < 1.29 is 9.72 Å². The molecule has 0 amide bonds. The molecule has 1 N–H and O–H groups in total. The van der Waals surface area contributed by atoms with Gasteiger partial charge in [-0.1, -0.05) is 23.6 Å². The molecule has 20 heavy (non-hydrogen) atoms. The maximum Gasteiger partial charge on any atom is 0.281 e. The molecule has 0 radical (unpaired) electrons. The maximum atomic E-state index is 11.0. The highest BCUT2D eigenvalue weighted by molar-refractivity contribution is 8.13. The Morgan fingerprint density at radius 2 is 2.35 bits per heavy atom. The number of rotatable bonds is 3. The van der Waals surface area contributed by atoms with Crippen LogP contribution in [0.15, 0.2) is 18.3 Å². The molecule has 102 valence electrons.